The zero-order valence-electron chi connectivity index (χ0n) is 10.5. The SMILES string of the molecule is COc1ccc(CNc2ncc(Cl)cc2[N+](=O)[O-])cn1. The van der Waals surface area contributed by atoms with Crippen LogP contribution in [0.15, 0.2) is 30.6 Å². The highest BCUT2D eigenvalue weighted by Crippen LogP contribution is 2.25. The number of nitrogens with zero attached hydrogens (tertiary/aromatic N) is 3. The third-order valence-electron chi connectivity index (χ3n) is 2.50. The van der Waals surface area contributed by atoms with Crippen LogP contribution in [-0.2, 0) is 6.54 Å². The van der Waals surface area contributed by atoms with Crippen LogP contribution in [0.4, 0.5) is 11.5 Å². The zero-order valence-corrected chi connectivity index (χ0v) is 11.3. The molecule has 2 rings (SSSR count). The van der Waals surface area contributed by atoms with E-state index in [0.717, 1.165) is 5.56 Å². The molecule has 0 bridgehead atoms. The maximum absolute atomic E-state index is 10.9. The average molecular weight is 295 g/mol. The molecule has 20 heavy (non-hydrogen) atoms. The largest absolute Gasteiger partial charge is 0.481 e. The number of nitro groups is 1. The number of hydrogen-bond donors (Lipinski definition) is 1. The molecule has 0 saturated heterocycles. The average Bonchev–Trinajstić information content (AvgIpc) is 2.46. The number of halogens is 1. The molecule has 0 spiro atoms. The summed E-state index contributed by atoms with van der Waals surface area (Å²) in [6, 6.07) is 4.77. The highest BCUT2D eigenvalue weighted by molar-refractivity contribution is 6.30. The van der Waals surface area contributed by atoms with Crippen LogP contribution in [0, 0.1) is 10.1 Å². The minimum atomic E-state index is -0.534. The molecule has 1 N–H and O–H groups in total. The lowest BCUT2D eigenvalue weighted by Gasteiger charge is -2.06. The summed E-state index contributed by atoms with van der Waals surface area (Å²) in [5.74, 6) is 0.666. The molecule has 0 aliphatic heterocycles. The van der Waals surface area contributed by atoms with Crippen molar-refractivity contribution in [3.63, 3.8) is 0 Å². The molecule has 104 valence electrons. The topological polar surface area (TPSA) is 90.2 Å². The molecule has 0 radical (unpaired) electrons. The van der Waals surface area contributed by atoms with E-state index in [0.29, 0.717) is 12.4 Å². The Hall–Kier alpha value is -2.41. The fourth-order valence-electron chi connectivity index (χ4n) is 1.53. The van der Waals surface area contributed by atoms with E-state index in [1.165, 1.54) is 19.4 Å². The number of hydrogen-bond acceptors (Lipinski definition) is 6. The van der Waals surface area contributed by atoms with Gasteiger partial charge in [-0.3, -0.25) is 10.1 Å². The van der Waals surface area contributed by atoms with Gasteiger partial charge in [0.25, 0.3) is 0 Å². The lowest BCUT2D eigenvalue weighted by Crippen LogP contribution is -2.05. The quantitative estimate of drug-likeness (QED) is 0.673. The van der Waals surface area contributed by atoms with Crippen LogP contribution < -0.4 is 10.1 Å². The van der Waals surface area contributed by atoms with Gasteiger partial charge in [0.1, 0.15) is 0 Å². The molecule has 2 aromatic rings. The normalized spacial score (nSPS) is 10.1. The molecular weight excluding hydrogens is 284 g/mol. The number of nitrogens with one attached hydrogen (secondary N) is 1. The van der Waals surface area contributed by atoms with Crippen LogP contribution in [0.2, 0.25) is 5.02 Å². The summed E-state index contributed by atoms with van der Waals surface area (Å²) >= 11 is 5.69. The van der Waals surface area contributed by atoms with E-state index in [1.807, 2.05) is 0 Å². The fraction of sp³-hybridized carbons (Fsp3) is 0.167. The first-order valence-corrected chi connectivity index (χ1v) is 6.00. The Bertz CT molecular complexity index is 619. The molecule has 0 amide bonds. The van der Waals surface area contributed by atoms with Crippen LogP contribution >= 0.6 is 11.6 Å². The fourth-order valence-corrected chi connectivity index (χ4v) is 1.68. The standard InChI is InChI=1S/C12H11ClN4O3/c1-20-11-3-2-8(5-14-11)6-15-12-10(17(18)19)4-9(13)7-16-12/h2-5,7H,6H2,1H3,(H,15,16). The van der Waals surface area contributed by atoms with E-state index in [-0.39, 0.29) is 16.5 Å². The van der Waals surface area contributed by atoms with E-state index in [4.69, 9.17) is 16.3 Å². The van der Waals surface area contributed by atoms with E-state index in [2.05, 4.69) is 15.3 Å². The third kappa shape index (κ3) is 3.33. The van der Waals surface area contributed by atoms with Crippen molar-refractivity contribution in [1.29, 1.82) is 0 Å². The van der Waals surface area contributed by atoms with Gasteiger partial charge in [0.2, 0.25) is 11.7 Å². The lowest BCUT2D eigenvalue weighted by atomic mass is 10.3. The van der Waals surface area contributed by atoms with Crippen molar-refractivity contribution in [2.45, 2.75) is 6.54 Å². The van der Waals surface area contributed by atoms with Crippen molar-refractivity contribution in [2.24, 2.45) is 0 Å². The van der Waals surface area contributed by atoms with Gasteiger partial charge in [0.15, 0.2) is 0 Å². The summed E-state index contributed by atoms with van der Waals surface area (Å²) < 4.78 is 4.95. The molecule has 0 aliphatic carbocycles. The van der Waals surface area contributed by atoms with Crippen molar-refractivity contribution in [3.05, 3.63) is 51.3 Å². The summed E-state index contributed by atoms with van der Waals surface area (Å²) in [6.45, 7) is 0.354. The van der Waals surface area contributed by atoms with Crippen molar-refractivity contribution < 1.29 is 9.66 Å². The highest BCUT2D eigenvalue weighted by atomic mass is 35.5. The van der Waals surface area contributed by atoms with Crippen molar-refractivity contribution >= 4 is 23.1 Å². The molecule has 0 fully saturated rings. The van der Waals surface area contributed by atoms with Crippen molar-refractivity contribution in [1.82, 2.24) is 9.97 Å². The molecule has 0 saturated carbocycles. The predicted octanol–water partition coefficient (Wildman–Crippen LogP) is 2.66. The summed E-state index contributed by atoms with van der Waals surface area (Å²) in [7, 11) is 1.53. The molecule has 2 heterocycles. The van der Waals surface area contributed by atoms with Gasteiger partial charge in [-0.15, -0.1) is 0 Å². The molecule has 0 aliphatic rings. The molecule has 7 nitrogen and oxygen atoms in total. The first-order valence-electron chi connectivity index (χ1n) is 5.63. The lowest BCUT2D eigenvalue weighted by molar-refractivity contribution is -0.384. The van der Waals surface area contributed by atoms with Gasteiger partial charge in [-0.1, -0.05) is 17.7 Å². The number of ether oxygens (including phenoxy) is 1. The van der Waals surface area contributed by atoms with Crippen LogP contribution in [0.5, 0.6) is 5.88 Å². The van der Waals surface area contributed by atoms with Crippen LogP contribution in [0.25, 0.3) is 0 Å². The minimum absolute atomic E-state index is 0.162. The molecule has 0 atom stereocenters. The van der Waals surface area contributed by atoms with Crippen molar-refractivity contribution in [2.75, 3.05) is 12.4 Å². The van der Waals surface area contributed by atoms with Crippen molar-refractivity contribution in [3.8, 4) is 5.88 Å². The monoisotopic (exact) mass is 294 g/mol. The van der Waals surface area contributed by atoms with Crippen LogP contribution in [0.3, 0.4) is 0 Å². The number of rotatable bonds is 5. The number of methoxy groups -OCH3 is 1. The number of anilines is 1. The second-order valence-electron chi connectivity index (χ2n) is 3.84. The van der Waals surface area contributed by atoms with Gasteiger partial charge in [0.05, 0.1) is 17.1 Å². The first kappa shape index (κ1) is 14.0. The van der Waals surface area contributed by atoms with E-state index in [1.54, 1.807) is 18.3 Å². The highest BCUT2D eigenvalue weighted by Gasteiger charge is 2.15. The number of pyridine rings is 2. The minimum Gasteiger partial charge on any atom is -0.481 e. The Labute approximate surface area is 119 Å². The first-order chi connectivity index (χ1) is 9.60. The summed E-state index contributed by atoms with van der Waals surface area (Å²) in [5, 5.41) is 14.0. The molecule has 8 heteroatoms. The van der Waals surface area contributed by atoms with Gasteiger partial charge in [-0.25, -0.2) is 9.97 Å². The Morgan fingerprint density at radius 3 is 2.80 bits per heavy atom. The second-order valence-corrected chi connectivity index (χ2v) is 4.28. The number of aromatic nitrogens is 2. The van der Waals surface area contributed by atoms with Crippen LogP contribution in [-0.4, -0.2) is 22.0 Å². The molecular formula is C12H11ClN4O3. The molecule has 0 aromatic carbocycles. The van der Waals surface area contributed by atoms with Gasteiger partial charge in [-0.05, 0) is 5.56 Å². The Balaban J connectivity index is 2.12. The third-order valence-corrected chi connectivity index (χ3v) is 2.70. The van der Waals surface area contributed by atoms with Gasteiger partial charge in [-0.2, -0.15) is 0 Å². The maximum Gasteiger partial charge on any atom is 0.312 e. The summed E-state index contributed by atoms with van der Waals surface area (Å²) in [6.07, 6.45) is 2.97. The smallest absolute Gasteiger partial charge is 0.312 e. The maximum atomic E-state index is 10.9. The van der Waals surface area contributed by atoms with Gasteiger partial charge in [0, 0.05) is 31.1 Å². The van der Waals surface area contributed by atoms with Crippen LogP contribution in [0.1, 0.15) is 5.56 Å². The zero-order chi connectivity index (χ0) is 14.5. The van der Waals surface area contributed by atoms with E-state index < -0.39 is 4.92 Å². The van der Waals surface area contributed by atoms with E-state index in [9.17, 15) is 10.1 Å². The summed E-state index contributed by atoms with van der Waals surface area (Å²) in [4.78, 5) is 18.3. The predicted molar refractivity (Wildman–Crippen MR) is 74.0 cm³/mol. The Kier molecular flexibility index (Phi) is 4.31. The molecule has 2 aromatic heterocycles. The Morgan fingerprint density at radius 1 is 1.40 bits per heavy atom. The summed E-state index contributed by atoms with van der Waals surface area (Å²) in [5.41, 5.74) is 0.677. The second kappa shape index (κ2) is 6.16. The van der Waals surface area contributed by atoms with Gasteiger partial charge < -0.3 is 10.1 Å². The molecule has 0 unspecified atom stereocenters. The van der Waals surface area contributed by atoms with Gasteiger partial charge >= 0.3 is 5.69 Å². The van der Waals surface area contributed by atoms with E-state index >= 15 is 0 Å². The Morgan fingerprint density at radius 2 is 2.20 bits per heavy atom.